The molecule has 0 aromatic carbocycles. The van der Waals surface area contributed by atoms with Crippen LogP contribution in [0.15, 0.2) is 11.3 Å². The second-order valence-corrected chi connectivity index (χ2v) is 3.02. The third-order valence-corrected chi connectivity index (χ3v) is 2.29. The predicted molar refractivity (Wildman–Crippen MR) is 44.8 cm³/mol. The number of hydrogen-bond acceptors (Lipinski definition) is 2. The van der Waals surface area contributed by atoms with Gasteiger partial charge in [-0.1, -0.05) is 0 Å². The maximum absolute atomic E-state index is 8.63. The van der Waals surface area contributed by atoms with Gasteiger partial charge in [0, 0.05) is 24.4 Å². The van der Waals surface area contributed by atoms with Gasteiger partial charge < -0.3 is 4.90 Å². The van der Waals surface area contributed by atoms with Crippen molar-refractivity contribution >= 4 is 0 Å². The zero-order valence-corrected chi connectivity index (χ0v) is 7.22. The monoisotopic (exact) mass is 150 g/mol. The normalized spacial score (nSPS) is 19.5. The molecule has 0 saturated carbocycles. The Morgan fingerprint density at radius 3 is 2.27 bits per heavy atom. The molecule has 0 amide bonds. The molecular formula is C9H14N2. The van der Waals surface area contributed by atoms with Crippen molar-refractivity contribution in [2.45, 2.75) is 26.7 Å². The molecule has 0 N–H and O–H groups in total. The highest BCUT2D eigenvalue weighted by Gasteiger charge is 2.12. The van der Waals surface area contributed by atoms with Gasteiger partial charge in [0.15, 0.2) is 0 Å². The van der Waals surface area contributed by atoms with Crippen LogP contribution >= 0.6 is 0 Å². The van der Waals surface area contributed by atoms with Crippen LogP contribution in [-0.4, -0.2) is 18.0 Å². The van der Waals surface area contributed by atoms with Crippen LogP contribution in [0.4, 0.5) is 0 Å². The van der Waals surface area contributed by atoms with Gasteiger partial charge in [-0.05, 0) is 26.7 Å². The molecule has 1 rings (SSSR count). The third kappa shape index (κ3) is 1.74. The summed E-state index contributed by atoms with van der Waals surface area (Å²) in [6.45, 7) is 6.17. The lowest BCUT2D eigenvalue weighted by Gasteiger charge is -2.18. The highest BCUT2D eigenvalue weighted by atomic mass is 15.1. The van der Waals surface area contributed by atoms with Crippen LogP contribution in [0, 0.1) is 11.3 Å². The molecule has 60 valence electrons. The number of allylic oxidation sites excluding steroid dienone is 2. The maximum atomic E-state index is 8.63. The highest BCUT2D eigenvalue weighted by Crippen LogP contribution is 2.16. The summed E-state index contributed by atoms with van der Waals surface area (Å²) >= 11 is 0. The molecule has 0 aromatic rings. The first-order chi connectivity index (χ1) is 5.25. The summed E-state index contributed by atoms with van der Waals surface area (Å²) in [5.74, 6) is 0. The number of nitrogens with zero attached hydrogens (tertiary/aromatic N) is 2. The number of rotatable bonds is 1. The Labute approximate surface area is 68.1 Å². The van der Waals surface area contributed by atoms with Crippen LogP contribution in [0.1, 0.15) is 26.7 Å². The zero-order valence-electron chi connectivity index (χ0n) is 7.22. The third-order valence-electron chi connectivity index (χ3n) is 2.29. The first kappa shape index (κ1) is 8.13. The van der Waals surface area contributed by atoms with Gasteiger partial charge in [-0.3, -0.25) is 0 Å². The van der Waals surface area contributed by atoms with Crippen molar-refractivity contribution < 1.29 is 0 Å². The number of hydrogen-bond donors (Lipinski definition) is 0. The highest BCUT2D eigenvalue weighted by molar-refractivity contribution is 5.23. The topological polar surface area (TPSA) is 27.0 Å². The van der Waals surface area contributed by atoms with Gasteiger partial charge >= 0.3 is 0 Å². The van der Waals surface area contributed by atoms with E-state index in [1.807, 2.05) is 13.8 Å². The van der Waals surface area contributed by atoms with Gasteiger partial charge in [-0.2, -0.15) is 5.26 Å². The Balaban J connectivity index is 2.67. The second kappa shape index (κ2) is 3.43. The molecule has 2 heteroatoms. The molecule has 1 aliphatic heterocycles. The fourth-order valence-corrected chi connectivity index (χ4v) is 1.37. The van der Waals surface area contributed by atoms with E-state index in [9.17, 15) is 0 Å². The lowest BCUT2D eigenvalue weighted by molar-refractivity contribution is 0.424. The number of likely N-dealkylation sites (tertiary alicyclic amines) is 1. The zero-order chi connectivity index (χ0) is 8.27. The van der Waals surface area contributed by atoms with E-state index in [0.29, 0.717) is 0 Å². The van der Waals surface area contributed by atoms with Crippen molar-refractivity contribution in [2.24, 2.45) is 0 Å². The molecule has 0 spiro atoms. The summed E-state index contributed by atoms with van der Waals surface area (Å²) in [6.07, 6.45) is 2.55. The van der Waals surface area contributed by atoms with Crippen molar-refractivity contribution in [3.63, 3.8) is 0 Å². The minimum atomic E-state index is 0.854. The maximum Gasteiger partial charge on any atom is 0.0962 e. The van der Waals surface area contributed by atoms with Gasteiger partial charge in [0.25, 0.3) is 0 Å². The molecule has 1 aliphatic rings. The predicted octanol–water partition coefficient (Wildman–Crippen LogP) is 1.90. The molecule has 1 heterocycles. The van der Waals surface area contributed by atoms with Crippen LogP contribution in [0.25, 0.3) is 0 Å². The lowest BCUT2D eigenvalue weighted by Crippen LogP contribution is -2.17. The van der Waals surface area contributed by atoms with E-state index >= 15 is 0 Å². The standard InChI is InChI=1S/C9H14N2/c1-8(7-10)9(2)11-5-3-4-6-11/h3-6H2,1-2H3. The van der Waals surface area contributed by atoms with Crippen LogP contribution in [0.5, 0.6) is 0 Å². The van der Waals surface area contributed by atoms with Crippen molar-refractivity contribution in [2.75, 3.05) is 13.1 Å². The molecule has 0 unspecified atom stereocenters. The van der Waals surface area contributed by atoms with Gasteiger partial charge in [-0.25, -0.2) is 0 Å². The molecule has 11 heavy (non-hydrogen) atoms. The van der Waals surface area contributed by atoms with Crippen molar-refractivity contribution in [1.82, 2.24) is 4.90 Å². The number of nitriles is 1. The SMILES string of the molecule is CC(C#N)=C(C)N1CCCC1. The molecule has 0 aromatic heterocycles. The Hall–Kier alpha value is -0.970. The molecular weight excluding hydrogens is 136 g/mol. The quantitative estimate of drug-likeness (QED) is 0.534. The largest absolute Gasteiger partial charge is 0.374 e. The van der Waals surface area contributed by atoms with E-state index in [0.717, 1.165) is 24.4 Å². The van der Waals surface area contributed by atoms with E-state index in [2.05, 4.69) is 11.0 Å². The van der Waals surface area contributed by atoms with Crippen molar-refractivity contribution in [3.8, 4) is 6.07 Å². The fraction of sp³-hybridized carbons (Fsp3) is 0.667. The summed E-state index contributed by atoms with van der Waals surface area (Å²) in [5, 5.41) is 8.63. The Kier molecular flexibility index (Phi) is 2.53. The van der Waals surface area contributed by atoms with Crippen molar-refractivity contribution in [1.29, 1.82) is 5.26 Å². The van der Waals surface area contributed by atoms with Crippen molar-refractivity contribution in [3.05, 3.63) is 11.3 Å². The smallest absolute Gasteiger partial charge is 0.0962 e. The van der Waals surface area contributed by atoms with E-state index in [-0.39, 0.29) is 0 Å². The fourth-order valence-electron chi connectivity index (χ4n) is 1.37. The average Bonchev–Trinajstić information content (AvgIpc) is 2.53. The van der Waals surface area contributed by atoms with E-state index in [1.54, 1.807) is 0 Å². The first-order valence-electron chi connectivity index (χ1n) is 4.08. The summed E-state index contributed by atoms with van der Waals surface area (Å²) < 4.78 is 0. The summed E-state index contributed by atoms with van der Waals surface area (Å²) in [7, 11) is 0. The summed E-state index contributed by atoms with van der Waals surface area (Å²) in [5.41, 5.74) is 2.01. The van der Waals surface area contributed by atoms with Gasteiger partial charge in [0.2, 0.25) is 0 Å². The van der Waals surface area contributed by atoms with Gasteiger partial charge in [-0.15, -0.1) is 0 Å². The van der Waals surface area contributed by atoms with E-state index < -0.39 is 0 Å². The molecule has 0 atom stereocenters. The molecule has 2 nitrogen and oxygen atoms in total. The molecule has 1 fully saturated rings. The minimum absolute atomic E-state index is 0.854. The Morgan fingerprint density at radius 2 is 1.82 bits per heavy atom. The summed E-state index contributed by atoms with van der Waals surface area (Å²) in [6, 6.07) is 2.18. The van der Waals surface area contributed by atoms with Crippen LogP contribution < -0.4 is 0 Å². The average molecular weight is 150 g/mol. The Morgan fingerprint density at radius 1 is 1.27 bits per heavy atom. The lowest BCUT2D eigenvalue weighted by atomic mass is 10.2. The van der Waals surface area contributed by atoms with E-state index in [1.165, 1.54) is 12.8 Å². The molecule has 0 aliphatic carbocycles. The van der Waals surface area contributed by atoms with Crippen LogP contribution in [0.2, 0.25) is 0 Å². The first-order valence-corrected chi connectivity index (χ1v) is 4.08. The molecule has 1 saturated heterocycles. The van der Waals surface area contributed by atoms with Crippen LogP contribution in [-0.2, 0) is 0 Å². The van der Waals surface area contributed by atoms with Gasteiger partial charge in [0.05, 0.1) is 6.07 Å². The molecule has 0 radical (unpaired) electrons. The van der Waals surface area contributed by atoms with E-state index in [4.69, 9.17) is 5.26 Å². The second-order valence-electron chi connectivity index (χ2n) is 3.02. The van der Waals surface area contributed by atoms with Crippen LogP contribution in [0.3, 0.4) is 0 Å². The minimum Gasteiger partial charge on any atom is -0.374 e. The molecule has 0 bridgehead atoms. The van der Waals surface area contributed by atoms with Gasteiger partial charge in [0.1, 0.15) is 0 Å². The summed E-state index contributed by atoms with van der Waals surface area (Å²) in [4.78, 5) is 2.29. The Bertz CT molecular complexity index is 204.